The van der Waals surface area contributed by atoms with Gasteiger partial charge >= 0.3 is 0 Å². The summed E-state index contributed by atoms with van der Waals surface area (Å²) in [5.41, 5.74) is 2.30. The van der Waals surface area contributed by atoms with Gasteiger partial charge in [-0.25, -0.2) is 0 Å². The molecular formula is C13H16BrN3. The molecule has 1 atom stereocenters. The summed E-state index contributed by atoms with van der Waals surface area (Å²) in [6.07, 6.45) is 3.88. The van der Waals surface area contributed by atoms with Crippen LogP contribution in [0.15, 0.2) is 41.1 Å². The van der Waals surface area contributed by atoms with Crippen LogP contribution >= 0.6 is 15.9 Å². The van der Waals surface area contributed by atoms with Crippen molar-refractivity contribution in [2.75, 3.05) is 5.32 Å². The Kier molecular flexibility index (Phi) is 3.84. The van der Waals surface area contributed by atoms with Crippen LogP contribution in [0.4, 0.5) is 5.69 Å². The molecule has 3 nitrogen and oxygen atoms in total. The quantitative estimate of drug-likeness (QED) is 0.928. The van der Waals surface area contributed by atoms with Gasteiger partial charge in [-0.2, -0.15) is 5.10 Å². The van der Waals surface area contributed by atoms with E-state index in [1.54, 1.807) is 0 Å². The number of nitrogens with zero attached hydrogens (tertiary/aromatic N) is 2. The molecule has 17 heavy (non-hydrogen) atoms. The molecule has 0 fully saturated rings. The Morgan fingerprint density at radius 3 is 2.82 bits per heavy atom. The topological polar surface area (TPSA) is 29.9 Å². The van der Waals surface area contributed by atoms with Crippen LogP contribution in [0.3, 0.4) is 0 Å². The van der Waals surface area contributed by atoms with Crippen LogP contribution in [0.25, 0.3) is 0 Å². The number of anilines is 1. The lowest BCUT2D eigenvalue weighted by atomic mass is 10.1. The molecule has 1 aromatic carbocycles. The number of benzene rings is 1. The van der Waals surface area contributed by atoms with Gasteiger partial charge in [0.1, 0.15) is 0 Å². The van der Waals surface area contributed by atoms with Crippen LogP contribution < -0.4 is 5.32 Å². The Balaban J connectivity index is 2.11. The van der Waals surface area contributed by atoms with Gasteiger partial charge in [-0.3, -0.25) is 4.68 Å². The number of hydrogen-bond donors (Lipinski definition) is 1. The Morgan fingerprint density at radius 1 is 1.41 bits per heavy atom. The zero-order chi connectivity index (χ0) is 12.3. The second-order valence-corrected chi connectivity index (χ2v) is 4.83. The Morgan fingerprint density at radius 2 is 2.18 bits per heavy atom. The number of aromatic nitrogens is 2. The van der Waals surface area contributed by atoms with E-state index in [2.05, 4.69) is 52.3 Å². The fraction of sp³-hybridized carbons (Fsp3) is 0.308. The average Bonchev–Trinajstić information content (AvgIpc) is 2.77. The lowest BCUT2D eigenvalue weighted by Crippen LogP contribution is -2.06. The highest BCUT2D eigenvalue weighted by Gasteiger charge is 2.09. The van der Waals surface area contributed by atoms with Gasteiger partial charge in [0, 0.05) is 23.3 Å². The van der Waals surface area contributed by atoms with E-state index in [-0.39, 0.29) is 6.04 Å². The zero-order valence-corrected chi connectivity index (χ0v) is 11.6. The molecule has 2 rings (SSSR count). The molecule has 0 bridgehead atoms. The number of aryl methyl sites for hydroxylation is 1. The molecule has 0 spiro atoms. The van der Waals surface area contributed by atoms with Gasteiger partial charge in [0.2, 0.25) is 0 Å². The van der Waals surface area contributed by atoms with E-state index in [9.17, 15) is 0 Å². The zero-order valence-electron chi connectivity index (χ0n) is 10.0. The van der Waals surface area contributed by atoms with Crippen molar-refractivity contribution in [3.05, 3.63) is 46.7 Å². The molecule has 1 unspecified atom stereocenters. The fourth-order valence-electron chi connectivity index (χ4n) is 1.77. The van der Waals surface area contributed by atoms with E-state index in [0.717, 1.165) is 16.7 Å². The van der Waals surface area contributed by atoms with E-state index >= 15 is 0 Å². The van der Waals surface area contributed by atoms with E-state index < -0.39 is 0 Å². The second kappa shape index (κ2) is 5.36. The molecule has 0 aliphatic heterocycles. The molecule has 4 heteroatoms. The van der Waals surface area contributed by atoms with Gasteiger partial charge in [-0.05, 0) is 25.5 Å². The third-order valence-corrected chi connectivity index (χ3v) is 3.43. The van der Waals surface area contributed by atoms with Crippen LogP contribution in [0.5, 0.6) is 0 Å². The Labute approximate surface area is 110 Å². The molecule has 1 aromatic heterocycles. The first-order valence-electron chi connectivity index (χ1n) is 5.74. The number of nitrogens with one attached hydrogen (secondary N) is 1. The first-order chi connectivity index (χ1) is 8.20. The molecule has 0 aliphatic carbocycles. The van der Waals surface area contributed by atoms with Crippen LogP contribution in [-0.2, 0) is 6.54 Å². The molecule has 1 heterocycles. The van der Waals surface area contributed by atoms with E-state index in [1.165, 1.54) is 5.56 Å². The minimum absolute atomic E-state index is 0.250. The van der Waals surface area contributed by atoms with Crippen molar-refractivity contribution >= 4 is 21.6 Å². The van der Waals surface area contributed by atoms with Crippen molar-refractivity contribution in [2.45, 2.75) is 26.4 Å². The first-order valence-corrected chi connectivity index (χ1v) is 6.53. The number of hydrogen-bond acceptors (Lipinski definition) is 2. The maximum atomic E-state index is 4.25. The maximum absolute atomic E-state index is 4.25. The van der Waals surface area contributed by atoms with Crippen LogP contribution in [-0.4, -0.2) is 9.78 Å². The lowest BCUT2D eigenvalue weighted by molar-refractivity contribution is 0.660. The minimum Gasteiger partial charge on any atom is -0.376 e. The molecule has 1 N–H and O–H groups in total. The summed E-state index contributed by atoms with van der Waals surface area (Å²) in [5.74, 6) is 0. The van der Waals surface area contributed by atoms with Gasteiger partial charge < -0.3 is 5.32 Å². The maximum Gasteiger partial charge on any atom is 0.0731 e. The summed E-state index contributed by atoms with van der Waals surface area (Å²) in [6.45, 7) is 5.11. The van der Waals surface area contributed by atoms with Crippen molar-refractivity contribution in [3.8, 4) is 0 Å². The van der Waals surface area contributed by atoms with Gasteiger partial charge in [0.15, 0.2) is 0 Å². The molecule has 2 aromatic rings. The highest BCUT2D eigenvalue weighted by molar-refractivity contribution is 9.10. The SMILES string of the molecule is CCn1cc(NC(C)c2ccccc2Br)cn1. The Bertz CT molecular complexity index is 493. The minimum atomic E-state index is 0.250. The molecule has 0 aliphatic rings. The third kappa shape index (κ3) is 2.88. The summed E-state index contributed by atoms with van der Waals surface area (Å²) < 4.78 is 3.04. The summed E-state index contributed by atoms with van der Waals surface area (Å²) in [5, 5.41) is 7.69. The summed E-state index contributed by atoms with van der Waals surface area (Å²) >= 11 is 3.57. The average molecular weight is 294 g/mol. The van der Waals surface area contributed by atoms with E-state index in [4.69, 9.17) is 0 Å². The standard InChI is InChI=1S/C13H16BrN3/c1-3-17-9-11(8-15-17)16-10(2)12-6-4-5-7-13(12)14/h4-10,16H,3H2,1-2H3. The highest BCUT2D eigenvalue weighted by Crippen LogP contribution is 2.25. The van der Waals surface area contributed by atoms with E-state index in [1.807, 2.05) is 29.2 Å². The van der Waals surface area contributed by atoms with E-state index in [0.29, 0.717) is 0 Å². The van der Waals surface area contributed by atoms with Crippen LogP contribution in [0, 0.1) is 0 Å². The van der Waals surface area contributed by atoms with Crippen molar-refractivity contribution in [1.29, 1.82) is 0 Å². The first kappa shape index (κ1) is 12.2. The smallest absolute Gasteiger partial charge is 0.0731 e. The highest BCUT2D eigenvalue weighted by atomic mass is 79.9. The van der Waals surface area contributed by atoms with Crippen molar-refractivity contribution in [2.24, 2.45) is 0 Å². The van der Waals surface area contributed by atoms with Crippen molar-refractivity contribution in [3.63, 3.8) is 0 Å². The van der Waals surface area contributed by atoms with Crippen LogP contribution in [0.1, 0.15) is 25.5 Å². The van der Waals surface area contributed by atoms with Crippen molar-refractivity contribution in [1.82, 2.24) is 9.78 Å². The van der Waals surface area contributed by atoms with Gasteiger partial charge in [0.25, 0.3) is 0 Å². The summed E-state index contributed by atoms with van der Waals surface area (Å²) in [6, 6.07) is 8.50. The van der Waals surface area contributed by atoms with Gasteiger partial charge in [-0.15, -0.1) is 0 Å². The molecular weight excluding hydrogens is 278 g/mol. The molecule has 0 saturated carbocycles. The normalized spacial score (nSPS) is 12.4. The van der Waals surface area contributed by atoms with Crippen molar-refractivity contribution < 1.29 is 0 Å². The summed E-state index contributed by atoms with van der Waals surface area (Å²) in [4.78, 5) is 0. The van der Waals surface area contributed by atoms with Gasteiger partial charge in [-0.1, -0.05) is 34.1 Å². The Hall–Kier alpha value is -1.29. The molecule has 0 amide bonds. The molecule has 90 valence electrons. The molecule has 0 radical (unpaired) electrons. The second-order valence-electron chi connectivity index (χ2n) is 3.97. The predicted octanol–water partition coefficient (Wildman–Crippen LogP) is 3.84. The molecule has 0 saturated heterocycles. The number of rotatable bonds is 4. The van der Waals surface area contributed by atoms with Gasteiger partial charge in [0.05, 0.1) is 11.9 Å². The number of halogens is 1. The predicted molar refractivity (Wildman–Crippen MR) is 74.1 cm³/mol. The fourth-order valence-corrected chi connectivity index (χ4v) is 2.39. The largest absolute Gasteiger partial charge is 0.376 e. The third-order valence-electron chi connectivity index (χ3n) is 2.71. The summed E-state index contributed by atoms with van der Waals surface area (Å²) in [7, 11) is 0. The van der Waals surface area contributed by atoms with Crippen LogP contribution in [0.2, 0.25) is 0 Å². The lowest BCUT2D eigenvalue weighted by Gasteiger charge is -2.15. The monoisotopic (exact) mass is 293 g/mol.